The van der Waals surface area contributed by atoms with Crippen molar-refractivity contribution in [2.24, 2.45) is 0 Å². The summed E-state index contributed by atoms with van der Waals surface area (Å²) in [5, 5.41) is 4.50. The lowest BCUT2D eigenvalue weighted by Gasteiger charge is -1.97. The Morgan fingerprint density at radius 2 is 2.05 bits per heavy atom. The Kier molecular flexibility index (Phi) is 3.92. The molecule has 2 aromatic heterocycles. The summed E-state index contributed by atoms with van der Waals surface area (Å²) >= 11 is 1.40. The van der Waals surface area contributed by atoms with Crippen LogP contribution in [0, 0.1) is 12.7 Å². The maximum absolute atomic E-state index is 13.5. The van der Waals surface area contributed by atoms with Crippen LogP contribution in [0.5, 0.6) is 0 Å². The minimum atomic E-state index is -0.286. The molecule has 0 atom stereocenters. The number of aromatic nitrogens is 4. The number of hydrogen-bond acceptors (Lipinski definition) is 6. The maximum atomic E-state index is 13.5. The quantitative estimate of drug-likeness (QED) is 0.544. The van der Waals surface area contributed by atoms with Gasteiger partial charge in [0.1, 0.15) is 5.82 Å². The second kappa shape index (κ2) is 6.01. The van der Waals surface area contributed by atoms with E-state index in [1.54, 1.807) is 37.5 Å². The van der Waals surface area contributed by atoms with Crippen LogP contribution in [0.15, 0.2) is 46.3 Å². The molecule has 5 nitrogen and oxygen atoms in total. The average molecular weight is 302 g/mol. The molecule has 0 fully saturated rings. The van der Waals surface area contributed by atoms with Crippen molar-refractivity contribution < 1.29 is 8.91 Å². The SMILES string of the molecule is Cc1ccc(-c2noc(CSc3ncccn3)n2)cc1F. The third-order valence-electron chi connectivity index (χ3n) is 2.76. The van der Waals surface area contributed by atoms with Gasteiger partial charge in [-0.2, -0.15) is 4.98 Å². The van der Waals surface area contributed by atoms with Crippen LogP contribution in [0.2, 0.25) is 0 Å². The number of hydrogen-bond donors (Lipinski definition) is 0. The first kappa shape index (κ1) is 13.7. The maximum Gasteiger partial charge on any atom is 0.237 e. The van der Waals surface area contributed by atoms with Crippen LogP contribution in [0.1, 0.15) is 11.5 Å². The van der Waals surface area contributed by atoms with E-state index in [2.05, 4.69) is 20.1 Å². The highest BCUT2D eigenvalue weighted by Gasteiger charge is 2.11. The van der Waals surface area contributed by atoms with Gasteiger partial charge in [-0.3, -0.25) is 0 Å². The van der Waals surface area contributed by atoms with Gasteiger partial charge >= 0.3 is 0 Å². The molecule has 0 bridgehead atoms. The van der Waals surface area contributed by atoms with Gasteiger partial charge in [-0.05, 0) is 24.6 Å². The van der Waals surface area contributed by atoms with Gasteiger partial charge in [-0.15, -0.1) is 0 Å². The fourth-order valence-electron chi connectivity index (χ4n) is 1.65. The van der Waals surface area contributed by atoms with Crippen molar-refractivity contribution in [3.63, 3.8) is 0 Å². The first-order valence-electron chi connectivity index (χ1n) is 6.21. The van der Waals surface area contributed by atoms with Crippen LogP contribution in [0.25, 0.3) is 11.4 Å². The van der Waals surface area contributed by atoms with Gasteiger partial charge in [-0.25, -0.2) is 14.4 Å². The van der Waals surface area contributed by atoms with Gasteiger partial charge < -0.3 is 4.52 Å². The van der Waals surface area contributed by atoms with E-state index in [9.17, 15) is 4.39 Å². The minimum Gasteiger partial charge on any atom is -0.338 e. The highest BCUT2D eigenvalue weighted by molar-refractivity contribution is 7.98. The van der Waals surface area contributed by atoms with Gasteiger partial charge in [0, 0.05) is 18.0 Å². The van der Waals surface area contributed by atoms with E-state index in [1.807, 2.05) is 0 Å². The first-order chi connectivity index (χ1) is 10.2. The summed E-state index contributed by atoms with van der Waals surface area (Å²) in [6.45, 7) is 1.71. The Morgan fingerprint density at radius 3 is 2.81 bits per heavy atom. The van der Waals surface area contributed by atoms with Crippen molar-refractivity contribution >= 4 is 11.8 Å². The molecule has 0 aliphatic rings. The van der Waals surface area contributed by atoms with Crippen molar-refractivity contribution in [1.82, 2.24) is 20.1 Å². The van der Waals surface area contributed by atoms with Crippen LogP contribution in [0.3, 0.4) is 0 Å². The molecule has 0 radical (unpaired) electrons. The van der Waals surface area contributed by atoms with E-state index in [1.165, 1.54) is 17.8 Å². The minimum absolute atomic E-state index is 0.286. The third-order valence-corrected chi connectivity index (χ3v) is 3.63. The molecule has 1 aromatic carbocycles. The molecule has 7 heteroatoms. The number of rotatable bonds is 4. The molecular formula is C14H11FN4OS. The molecule has 0 unspecified atom stereocenters. The van der Waals surface area contributed by atoms with Gasteiger partial charge in [-0.1, -0.05) is 29.1 Å². The van der Waals surface area contributed by atoms with Crippen molar-refractivity contribution in [3.8, 4) is 11.4 Å². The molecule has 0 aliphatic heterocycles. The molecule has 0 spiro atoms. The molecular weight excluding hydrogens is 291 g/mol. The van der Waals surface area contributed by atoms with Crippen LogP contribution < -0.4 is 0 Å². The number of thioether (sulfide) groups is 1. The van der Waals surface area contributed by atoms with Gasteiger partial charge in [0.05, 0.1) is 5.75 Å². The summed E-state index contributed by atoms with van der Waals surface area (Å²) in [5.74, 6) is 0.999. The number of halogens is 1. The lowest BCUT2D eigenvalue weighted by atomic mass is 10.1. The van der Waals surface area contributed by atoms with Crippen LogP contribution in [0.4, 0.5) is 4.39 Å². The summed E-state index contributed by atoms with van der Waals surface area (Å²) in [6, 6.07) is 6.60. The van der Waals surface area contributed by atoms with Gasteiger partial charge in [0.2, 0.25) is 11.7 Å². The second-order valence-corrected chi connectivity index (χ2v) is 5.24. The number of benzene rings is 1. The topological polar surface area (TPSA) is 64.7 Å². The molecule has 0 N–H and O–H groups in total. The second-order valence-electron chi connectivity index (χ2n) is 4.30. The predicted molar refractivity (Wildman–Crippen MR) is 76.0 cm³/mol. The monoisotopic (exact) mass is 302 g/mol. The molecule has 0 aliphatic carbocycles. The molecule has 3 aromatic rings. The fraction of sp³-hybridized carbons (Fsp3) is 0.143. The zero-order chi connectivity index (χ0) is 14.7. The largest absolute Gasteiger partial charge is 0.338 e. The van der Waals surface area contributed by atoms with Crippen molar-refractivity contribution in [2.75, 3.05) is 0 Å². The lowest BCUT2D eigenvalue weighted by Crippen LogP contribution is -1.88. The van der Waals surface area contributed by atoms with Gasteiger partial charge in [0.25, 0.3) is 0 Å². The van der Waals surface area contributed by atoms with E-state index >= 15 is 0 Å². The Labute approximate surface area is 124 Å². The van der Waals surface area contributed by atoms with E-state index in [0.29, 0.717) is 33.8 Å². The normalized spacial score (nSPS) is 10.8. The standard InChI is InChI=1S/C14H11FN4OS/c1-9-3-4-10(7-11(9)15)13-18-12(20-19-13)8-21-14-16-5-2-6-17-14/h2-7H,8H2,1H3. The van der Waals surface area contributed by atoms with Crippen LogP contribution in [-0.4, -0.2) is 20.1 Å². The Bertz CT molecular complexity index is 748. The zero-order valence-electron chi connectivity index (χ0n) is 11.2. The summed E-state index contributed by atoms with van der Waals surface area (Å²) in [7, 11) is 0. The molecule has 0 amide bonds. The van der Waals surface area contributed by atoms with E-state index in [0.717, 1.165) is 0 Å². The van der Waals surface area contributed by atoms with Gasteiger partial charge in [0.15, 0.2) is 5.16 Å². The van der Waals surface area contributed by atoms with Crippen molar-refractivity contribution in [1.29, 1.82) is 0 Å². The summed E-state index contributed by atoms with van der Waals surface area (Å²) in [6.07, 6.45) is 3.34. The van der Waals surface area contributed by atoms with Crippen LogP contribution in [-0.2, 0) is 5.75 Å². The predicted octanol–water partition coefficient (Wildman–Crippen LogP) is 3.27. The molecule has 0 saturated heterocycles. The van der Waals surface area contributed by atoms with Crippen molar-refractivity contribution in [3.05, 3.63) is 53.9 Å². The average Bonchev–Trinajstić information content (AvgIpc) is 2.98. The third kappa shape index (κ3) is 3.25. The summed E-state index contributed by atoms with van der Waals surface area (Å²) in [4.78, 5) is 12.4. The highest BCUT2D eigenvalue weighted by Crippen LogP contribution is 2.22. The summed E-state index contributed by atoms with van der Waals surface area (Å²) < 4.78 is 18.7. The molecule has 106 valence electrons. The smallest absolute Gasteiger partial charge is 0.237 e. The molecule has 21 heavy (non-hydrogen) atoms. The molecule has 0 saturated carbocycles. The van der Waals surface area contributed by atoms with Crippen molar-refractivity contribution in [2.45, 2.75) is 17.8 Å². The lowest BCUT2D eigenvalue weighted by molar-refractivity contribution is 0.391. The fourth-order valence-corrected chi connectivity index (χ4v) is 2.29. The first-order valence-corrected chi connectivity index (χ1v) is 7.20. The summed E-state index contributed by atoms with van der Waals surface area (Å²) in [5.41, 5.74) is 1.17. The Hall–Kier alpha value is -2.28. The Balaban J connectivity index is 1.72. The molecule has 3 rings (SSSR count). The zero-order valence-corrected chi connectivity index (χ0v) is 12.0. The highest BCUT2D eigenvalue weighted by atomic mass is 32.2. The van der Waals surface area contributed by atoms with Crippen LogP contribution >= 0.6 is 11.8 Å². The van der Waals surface area contributed by atoms with E-state index < -0.39 is 0 Å². The Morgan fingerprint density at radius 1 is 1.24 bits per heavy atom. The number of aryl methyl sites for hydroxylation is 1. The van der Waals surface area contributed by atoms with E-state index in [4.69, 9.17) is 4.52 Å². The molecule has 2 heterocycles. The van der Waals surface area contributed by atoms with E-state index in [-0.39, 0.29) is 5.82 Å². The number of nitrogens with zero attached hydrogens (tertiary/aromatic N) is 4.